The monoisotopic (exact) mass is 350 g/mol. The number of rotatable bonds is 7. The molecule has 1 heterocycles. The maximum Gasteiger partial charge on any atom is 0.251 e. The fraction of sp³-hybridized carbons (Fsp3) is 0.267. The van der Waals surface area contributed by atoms with Gasteiger partial charge in [-0.15, -0.1) is 0 Å². The third-order valence-corrected chi connectivity index (χ3v) is 3.93. The number of hydrogen-bond acceptors (Lipinski definition) is 7. The van der Waals surface area contributed by atoms with Crippen molar-refractivity contribution in [2.24, 2.45) is 5.73 Å². The number of nitrogens with two attached hydrogens (primary N) is 1. The van der Waals surface area contributed by atoms with Crippen molar-refractivity contribution in [1.82, 2.24) is 15.3 Å². The molecule has 1 amide bonds. The van der Waals surface area contributed by atoms with Gasteiger partial charge in [0, 0.05) is 31.0 Å². The van der Waals surface area contributed by atoms with Gasteiger partial charge in [-0.2, -0.15) is 0 Å². The van der Waals surface area contributed by atoms with E-state index in [4.69, 9.17) is 10.5 Å². The second-order valence-electron chi connectivity index (χ2n) is 5.07. The summed E-state index contributed by atoms with van der Waals surface area (Å²) in [7, 11) is -3.12. The molecule has 0 aliphatic carbocycles. The van der Waals surface area contributed by atoms with E-state index in [2.05, 4.69) is 15.3 Å². The number of aromatic nitrogens is 2. The predicted octanol–water partition coefficient (Wildman–Crippen LogP) is 0.502. The first-order valence-electron chi connectivity index (χ1n) is 7.12. The molecule has 1 aromatic heterocycles. The molecule has 1 aromatic carbocycles. The van der Waals surface area contributed by atoms with Gasteiger partial charge in [-0.3, -0.25) is 4.79 Å². The van der Waals surface area contributed by atoms with Gasteiger partial charge in [0.05, 0.1) is 11.4 Å². The van der Waals surface area contributed by atoms with E-state index in [-0.39, 0.29) is 24.7 Å². The molecule has 3 N–H and O–H groups in total. The van der Waals surface area contributed by atoms with Gasteiger partial charge in [0.1, 0.15) is 21.9 Å². The number of benzene rings is 1. The Morgan fingerprint density at radius 1 is 1.29 bits per heavy atom. The smallest absolute Gasteiger partial charge is 0.251 e. The fourth-order valence-electron chi connectivity index (χ4n) is 1.82. The maximum atomic E-state index is 12.0. The average Bonchev–Trinajstić information content (AvgIpc) is 2.54. The minimum atomic E-state index is -3.12. The summed E-state index contributed by atoms with van der Waals surface area (Å²) in [6.07, 6.45) is 2.46. The summed E-state index contributed by atoms with van der Waals surface area (Å²) >= 11 is 0. The number of nitrogens with one attached hydrogen (secondary N) is 1. The van der Waals surface area contributed by atoms with Crippen molar-refractivity contribution >= 4 is 15.7 Å². The van der Waals surface area contributed by atoms with Crippen LogP contribution in [0.3, 0.4) is 0 Å². The Hall–Kier alpha value is -2.52. The van der Waals surface area contributed by atoms with Crippen LogP contribution in [0.5, 0.6) is 11.6 Å². The first-order chi connectivity index (χ1) is 11.4. The van der Waals surface area contributed by atoms with Crippen molar-refractivity contribution in [2.75, 3.05) is 18.6 Å². The molecule has 0 spiro atoms. The van der Waals surface area contributed by atoms with Crippen LogP contribution in [0.4, 0.5) is 0 Å². The predicted molar refractivity (Wildman–Crippen MR) is 88.5 cm³/mol. The molecule has 9 heteroatoms. The van der Waals surface area contributed by atoms with Crippen LogP contribution in [0.2, 0.25) is 0 Å². The molecule has 128 valence electrons. The van der Waals surface area contributed by atoms with Crippen LogP contribution in [-0.2, 0) is 16.4 Å². The number of carbonyl (C=O) groups is 1. The lowest BCUT2D eigenvalue weighted by Crippen LogP contribution is -2.28. The molecule has 24 heavy (non-hydrogen) atoms. The van der Waals surface area contributed by atoms with Crippen LogP contribution < -0.4 is 15.8 Å². The summed E-state index contributed by atoms with van der Waals surface area (Å²) in [6.45, 7) is 0.316. The number of hydrogen-bond donors (Lipinski definition) is 2. The highest BCUT2D eigenvalue weighted by molar-refractivity contribution is 7.90. The van der Waals surface area contributed by atoms with Crippen molar-refractivity contribution in [3.63, 3.8) is 0 Å². The zero-order chi connectivity index (χ0) is 17.6. The molecule has 0 aliphatic rings. The Morgan fingerprint density at radius 2 is 2.08 bits per heavy atom. The summed E-state index contributed by atoms with van der Waals surface area (Å²) in [5, 5.41) is 2.55. The lowest BCUT2D eigenvalue weighted by Gasteiger charge is -2.08. The Bertz CT molecular complexity index is 824. The Morgan fingerprint density at radius 3 is 2.79 bits per heavy atom. The van der Waals surface area contributed by atoms with Crippen molar-refractivity contribution in [3.05, 3.63) is 47.9 Å². The van der Waals surface area contributed by atoms with Crippen molar-refractivity contribution in [2.45, 2.75) is 6.54 Å². The zero-order valence-corrected chi connectivity index (χ0v) is 13.9. The molecule has 0 aliphatic heterocycles. The highest BCUT2D eigenvalue weighted by atomic mass is 32.2. The quantitative estimate of drug-likeness (QED) is 0.745. The zero-order valence-electron chi connectivity index (χ0n) is 13.1. The molecule has 2 rings (SSSR count). The summed E-state index contributed by atoms with van der Waals surface area (Å²) in [5.41, 5.74) is 6.50. The van der Waals surface area contributed by atoms with Crippen molar-refractivity contribution in [3.8, 4) is 11.6 Å². The summed E-state index contributed by atoms with van der Waals surface area (Å²) in [6, 6.07) is 8.09. The lowest BCUT2D eigenvalue weighted by atomic mass is 10.2. The fourth-order valence-corrected chi connectivity index (χ4v) is 2.29. The SMILES string of the molecule is CS(=O)(=O)CCNC(=O)c1cccc(Oc2cc(CN)ncn2)c1. The molecule has 0 atom stereocenters. The molecule has 0 saturated carbocycles. The number of sulfone groups is 1. The average molecular weight is 350 g/mol. The van der Waals surface area contributed by atoms with Gasteiger partial charge < -0.3 is 15.8 Å². The molecule has 8 nitrogen and oxygen atoms in total. The minimum absolute atomic E-state index is 0.0501. The number of ether oxygens (including phenoxy) is 1. The van der Waals surface area contributed by atoms with E-state index in [1.807, 2.05) is 0 Å². The van der Waals surface area contributed by atoms with E-state index < -0.39 is 9.84 Å². The van der Waals surface area contributed by atoms with Gasteiger partial charge in [-0.05, 0) is 18.2 Å². The van der Waals surface area contributed by atoms with Crippen LogP contribution in [0.15, 0.2) is 36.7 Å². The molecule has 0 unspecified atom stereocenters. The third-order valence-electron chi connectivity index (χ3n) is 2.98. The molecule has 0 radical (unpaired) electrons. The van der Waals surface area contributed by atoms with E-state index in [1.165, 1.54) is 6.33 Å². The maximum absolute atomic E-state index is 12.0. The largest absolute Gasteiger partial charge is 0.439 e. The standard InChI is InChI=1S/C15H18N4O4S/c1-24(21,22)6-5-17-15(20)11-3-2-4-13(7-11)23-14-8-12(9-16)18-10-19-14/h2-4,7-8,10H,5-6,9,16H2,1H3,(H,17,20). The molecular weight excluding hydrogens is 332 g/mol. The summed E-state index contributed by atoms with van der Waals surface area (Å²) < 4.78 is 27.7. The molecule has 2 aromatic rings. The Kier molecular flexibility index (Phi) is 5.83. The topological polar surface area (TPSA) is 124 Å². The van der Waals surface area contributed by atoms with Gasteiger partial charge >= 0.3 is 0 Å². The number of nitrogens with zero attached hydrogens (tertiary/aromatic N) is 2. The minimum Gasteiger partial charge on any atom is -0.439 e. The van der Waals surface area contributed by atoms with E-state index in [9.17, 15) is 13.2 Å². The Labute approximate surface area is 140 Å². The van der Waals surface area contributed by atoms with Gasteiger partial charge in [0.25, 0.3) is 5.91 Å². The second-order valence-corrected chi connectivity index (χ2v) is 7.33. The van der Waals surface area contributed by atoms with Gasteiger partial charge in [0.15, 0.2) is 0 Å². The highest BCUT2D eigenvalue weighted by Gasteiger charge is 2.09. The first-order valence-corrected chi connectivity index (χ1v) is 9.18. The van der Waals surface area contributed by atoms with Gasteiger partial charge in [-0.1, -0.05) is 6.07 Å². The van der Waals surface area contributed by atoms with Gasteiger partial charge in [0.2, 0.25) is 5.88 Å². The molecule has 0 saturated heterocycles. The summed E-state index contributed by atoms with van der Waals surface area (Å²) in [4.78, 5) is 20.0. The van der Waals surface area contributed by atoms with E-state index in [0.29, 0.717) is 22.9 Å². The third kappa shape index (κ3) is 5.60. The van der Waals surface area contributed by atoms with E-state index >= 15 is 0 Å². The number of carbonyl (C=O) groups excluding carboxylic acids is 1. The Balaban J connectivity index is 2.03. The van der Waals surface area contributed by atoms with Crippen molar-refractivity contribution in [1.29, 1.82) is 0 Å². The lowest BCUT2D eigenvalue weighted by molar-refractivity contribution is 0.0956. The normalized spacial score (nSPS) is 11.1. The van der Waals surface area contributed by atoms with Crippen LogP contribution in [0.25, 0.3) is 0 Å². The van der Waals surface area contributed by atoms with Crippen LogP contribution in [0, 0.1) is 0 Å². The summed E-state index contributed by atoms with van der Waals surface area (Å²) in [5.74, 6) is 0.250. The molecule has 0 bridgehead atoms. The van der Waals surface area contributed by atoms with E-state index in [1.54, 1.807) is 30.3 Å². The first kappa shape index (κ1) is 17.8. The van der Waals surface area contributed by atoms with Crippen LogP contribution >= 0.6 is 0 Å². The van der Waals surface area contributed by atoms with Crippen LogP contribution in [-0.4, -0.2) is 42.8 Å². The number of amides is 1. The van der Waals surface area contributed by atoms with Crippen molar-refractivity contribution < 1.29 is 17.9 Å². The second kappa shape index (κ2) is 7.84. The molecule has 0 fully saturated rings. The highest BCUT2D eigenvalue weighted by Crippen LogP contribution is 2.20. The molecular formula is C15H18N4O4S. The van der Waals surface area contributed by atoms with Gasteiger partial charge in [-0.25, -0.2) is 18.4 Å². The van der Waals surface area contributed by atoms with E-state index in [0.717, 1.165) is 6.26 Å². The van der Waals surface area contributed by atoms with Crippen LogP contribution in [0.1, 0.15) is 16.1 Å².